The lowest BCUT2D eigenvalue weighted by atomic mass is 9.86. The quantitative estimate of drug-likeness (QED) is 0.455. The lowest BCUT2D eigenvalue weighted by Gasteiger charge is -2.17. The van der Waals surface area contributed by atoms with Crippen LogP contribution >= 0.6 is 0 Å². The first kappa shape index (κ1) is 9.50. The van der Waals surface area contributed by atoms with Crippen molar-refractivity contribution in [2.24, 2.45) is 11.8 Å². The summed E-state index contributed by atoms with van der Waals surface area (Å²) in [5.74, 6) is 1.29. The molecule has 0 saturated heterocycles. The van der Waals surface area contributed by atoms with Crippen LogP contribution in [-0.2, 0) is 4.79 Å². The molecule has 1 rings (SSSR count). The molecule has 0 aromatic heterocycles. The van der Waals surface area contributed by atoms with Gasteiger partial charge < -0.3 is 0 Å². The van der Waals surface area contributed by atoms with Gasteiger partial charge in [-0.3, -0.25) is 4.79 Å². The van der Waals surface area contributed by atoms with Gasteiger partial charge >= 0.3 is 0 Å². The molecule has 1 nitrogen and oxygen atoms in total. The highest BCUT2D eigenvalue weighted by Crippen LogP contribution is 2.28. The van der Waals surface area contributed by atoms with Crippen LogP contribution in [0, 0.1) is 11.8 Å². The van der Waals surface area contributed by atoms with Crippen molar-refractivity contribution in [3.05, 3.63) is 12.7 Å². The second-order valence-electron chi connectivity index (χ2n) is 3.79. The zero-order valence-corrected chi connectivity index (χ0v) is 7.88. The van der Waals surface area contributed by atoms with E-state index in [1.807, 2.05) is 6.08 Å². The van der Waals surface area contributed by atoms with Gasteiger partial charge in [-0.05, 0) is 25.2 Å². The molecule has 1 fully saturated rings. The third-order valence-corrected chi connectivity index (χ3v) is 2.93. The van der Waals surface area contributed by atoms with Crippen molar-refractivity contribution < 1.29 is 4.79 Å². The summed E-state index contributed by atoms with van der Waals surface area (Å²) < 4.78 is 0. The lowest BCUT2D eigenvalue weighted by molar-refractivity contribution is -0.123. The van der Waals surface area contributed by atoms with Gasteiger partial charge in [-0.15, -0.1) is 6.58 Å². The Morgan fingerprint density at radius 1 is 1.58 bits per heavy atom. The molecule has 0 aromatic carbocycles. The van der Waals surface area contributed by atoms with E-state index in [2.05, 4.69) is 13.5 Å². The average Bonchev–Trinajstić information content (AvgIpc) is 2.20. The smallest absolute Gasteiger partial charge is 0.135 e. The van der Waals surface area contributed by atoms with Crippen LogP contribution in [0.4, 0.5) is 0 Å². The summed E-state index contributed by atoms with van der Waals surface area (Å²) in [7, 11) is 0. The molecule has 1 heteroatoms. The molecular formula is C11H18O. The number of allylic oxidation sites excluding steroid dienone is 1. The minimum Gasteiger partial charge on any atom is -0.299 e. The normalized spacial score (nSPS) is 31.2. The van der Waals surface area contributed by atoms with Crippen molar-refractivity contribution in [1.29, 1.82) is 0 Å². The van der Waals surface area contributed by atoms with Gasteiger partial charge in [-0.25, -0.2) is 0 Å². The van der Waals surface area contributed by atoms with Gasteiger partial charge in [-0.2, -0.15) is 0 Å². The van der Waals surface area contributed by atoms with Crippen molar-refractivity contribution in [1.82, 2.24) is 0 Å². The first-order valence-electron chi connectivity index (χ1n) is 4.89. The fourth-order valence-electron chi connectivity index (χ4n) is 1.98. The molecule has 68 valence electrons. The highest BCUT2D eigenvalue weighted by molar-refractivity contribution is 5.81. The minimum atomic E-state index is 0.269. The predicted molar refractivity (Wildman–Crippen MR) is 50.9 cm³/mol. The fourth-order valence-corrected chi connectivity index (χ4v) is 1.98. The Labute approximate surface area is 74.9 Å². The van der Waals surface area contributed by atoms with Gasteiger partial charge in [-0.1, -0.05) is 19.4 Å². The molecule has 12 heavy (non-hydrogen) atoms. The molecule has 0 aliphatic heterocycles. The maximum atomic E-state index is 11.5. The second-order valence-corrected chi connectivity index (χ2v) is 3.79. The predicted octanol–water partition coefficient (Wildman–Crippen LogP) is 2.96. The number of carbonyl (C=O) groups excluding carboxylic acids is 1. The lowest BCUT2D eigenvalue weighted by Crippen LogP contribution is -2.17. The molecule has 0 aromatic rings. The van der Waals surface area contributed by atoms with Gasteiger partial charge in [0.25, 0.3) is 0 Å². The highest BCUT2D eigenvalue weighted by Gasteiger charge is 2.24. The van der Waals surface area contributed by atoms with Crippen LogP contribution < -0.4 is 0 Å². The van der Waals surface area contributed by atoms with Gasteiger partial charge in [0.15, 0.2) is 0 Å². The van der Waals surface area contributed by atoms with Crippen molar-refractivity contribution in [3.8, 4) is 0 Å². The van der Waals surface area contributed by atoms with E-state index in [0.717, 1.165) is 19.3 Å². The van der Waals surface area contributed by atoms with Crippen molar-refractivity contribution in [2.75, 3.05) is 0 Å². The van der Waals surface area contributed by atoms with E-state index >= 15 is 0 Å². The summed E-state index contributed by atoms with van der Waals surface area (Å²) in [6, 6.07) is 0. The Balaban J connectivity index is 2.57. The Morgan fingerprint density at radius 3 is 3.00 bits per heavy atom. The van der Waals surface area contributed by atoms with Crippen LogP contribution in [0.1, 0.15) is 39.0 Å². The summed E-state index contributed by atoms with van der Waals surface area (Å²) in [5, 5.41) is 0. The van der Waals surface area contributed by atoms with E-state index in [9.17, 15) is 4.79 Å². The summed E-state index contributed by atoms with van der Waals surface area (Å²) in [5.41, 5.74) is 0. The monoisotopic (exact) mass is 166 g/mol. The zero-order chi connectivity index (χ0) is 8.97. The van der Waals surface area contributed by atoms with Gasteiger partial charge in [0.05, 0.1) is 0 Å². The molecular weight excluding hydrogens is 148 g/mol. The van der Waals surface area contributed by atoms with E-state index in [4.69, 9.17) is 0 Å². The highest BCUT2D eigenvalue weighted by atomic mass is 16.1. The number of carbonyl (C=O) groups is 1. The maximum Gasteiger partial charge on any atom is 0.135 e. The van der Waals surface area contributed by atoms with Crippen molar-refractivity contribution in [3.63, 3.8) is 0 Å². The molecule has 1 aliphatic rings. The molecule has 1 unspecified atom stereocenters. The number of rotatable bonds is 2. The van der Waals surface area contributed by atoms with E-state index in [1.165, 1.54) is 12.8 Å². The Bertz CT molecular complexity index is 172. The number of hydrogen-bond donors (Lipinski definition) is 0. The molecule has 0 N–H and O–H groups in total. The third kappa shape index (κ3) is 2.20. The number of ketones is 1. The van der Waals surface area contributed by atoms with Crippen LogP contribution in [0.15, 0.2) is 12.7 Å². The van der Waals surface area contributed by atoms with E-state index < -0.39 is 0 Å². The standard InChI is InChI=1S/C11H18O/c1-3-6-10-7-4-5-8-11(12)9(10)2/h3,9-10H,1,4-8H2,2H3/t9?,10-/m1/s1. The minimum absolute atomic E-state index is 0.269. The van der Waals surface area contributed by atoms with E-state index in [-0.39, 0.29) is 5.92 Å². The summed E-state index contributed by atoms with van der Waals surface area (Å²) in [6.45, 7) is 5.80. The van der Waals surface area contributed by atoms with Crippen molar-refractivity contribution in [2.45, 2.75) is 39.0 Å². The molecule has 2 atom stereocenters. The zero-order valence-electron chi connectivity index (χ0n) is 7.88. The van der Waals surface area contributed by atoms with E-state index in [0.29, 0.717) is 11.7 Å². The third-order valence-electron chi connectivity index (χ3n) is 2.93. The van der Waals surface area contributed by atoms with Gasteiger partial charge in [0.2, 0.25) is 0 Å². The maximum absolute atomic E-state index is 11.5. The SMILES string of the molecule is C=CC[C@@H]1CCCCC(=O)C1C. The topological polar surface area (TPSA) is 17.1 Å². The Morgan fingerprint density at radius 2 is 2.33 bits per heavy atom. The molecule has 0 radical (unpaired) electrons. The fraction of sp³-hybridized carbons (Fsp3) is 0.727. The first-order valence-corrected chi connectivity index (χ1v) is 4.89. The summed E-state index contributed by atoms with van der Waals surface area (Å²) in [4.78, 5) is 11.5. The molecule has 0 bridgehead atoms. The second kappa shape index (κ2) is 4.44. The average molecular weight is 166 g/mol. The van der Waals surface area contributed by atoms with Crippen LogP contribution in [0.2, 0.25) is 0 Å². The molecule has 1 saturated carbocycles. The number of Topliss-reactive ketones (excluding diaryl/α,β-unsaturated/α-hetero) is 1. The number of hydrogen-bond acceptors (Lipinski definition) is 1. The van der Waals surface area contributed by atoms with E-state index in [1.54, 1.807) is 0 Å². The van der Waals surface area contributed by atoms with Crippen LogP contribution in [-0.4, -0.2) is 5.78 Å². The molecule has 0 heterocycles. The van der Waals surface area contributed by atoms with Crippen LogP contribution in [0.25, 0.3) is 0 Å². The van der Waals surface area contributed by atoms with Gasteiger partial charge in [0, 0.05) is 12.3 Å². The van der Waals surface area contributed by atoms with Crippen LogP contribution in [0.3, 0.4) is 0 Å². The Kier molecular flexibility index (Phi) is 3.51. The molecule has 0 spiro atoms. The van der Waals surface area contributed by atoms with Gasteiger partial charge in [0.1, 0.15) is 5.78 Å². The molecule has 1 aliphatic carbocycles. The van der Waals surface area contributed by atoms with Crippen LogP contribution in [0.5, 0.6) is 0 Å². The largest absolute Gasteiger partial charge is 0.299 e. The summed E-state index contributed by atoms with van der Waals surface area (Å²) in [6.07, 6.45) is 7.27. The summed E-state index contributed by atoms with van der Waals surface area (Å²) >= 11 is 0. The molecule has 0 amide bonds. The Hall–Kier alpha value is -0.590. The van der Waals surface area contributed by atoms with Crippen molar-refractivity contribution >= 4 is 5.78 Å². The first-order chi connectivity index (χ1) is 5.75.